The fraction of sp³-hybridized carbons (Fsp3) is 0.667. The van der Waals surface area contributed by atoms with E-state index < -0.39 is 0 Å². The lowest BCUT2D eigenvalue weighted by atomic mass is 9.94. The Kier molecular flexibility index (Phi) is 8.56. The van der Waals surface area contributed by atoms with Gasteiger partial charge in [-0.25, -0.2) is 0 Å². The third-order valence-electron chi connectivity index (χ3n) is 3.89. The van der Waals surface area contributed by atoms with Crippen LogP contribution in [0.3, 0.4) is 0 Å². The second-order valence-corrected chi connectivity index (χ2v) is 5.89. The van der Waals surface area contributed by atoms with Crippen molar-refractivity contribution in [2.24, 2.45) is 5.92 Å². The molecule has 20 heavy (non-hydrogen) atoms. The minimum Gasteiger partial charge on any atom is -0.310 e. The van der Waals surface area contributed by atoms with Crippen LogP contribution in [-0.2, 0) is 0 Å². The van der Waals surface area contributed by atoms with Gasteiger partial charge in [0.2, 0.25) is 0 Å². The van der Waals surface area contributed by atoms with Crippen LogP contribution in [0.25, 0.3) is 0 Å². The Morgan fingerprint density at radius 2 is 1.80 bits per heavy atom. The molecule has 1 aromatic rings. The third-order valence-corrected chi connectivity index (χ3v) is 3.89. The van der Waals surface area contributed by atoms with Crippen LogP contribution < -0.4 is 5.32 Å². The molecule has 0 saturated carbocycles. The highest BCUT2D eigenvalue weighted by atomic mass is 15.1. The summed E-state index contributed by atoms with van der Waals surface area (Å²) in [6.07, 6.45) is 3.96. The molecule has 0 aliphatic heterocycles. The summed E-state index contributed by atoms with van der Waals surface area (Å²) in [7, 11) is 2.25. The average molecular weight is 276 g/mol. The lowest BCUT2D eigenvalue weighted by Crippen LogP contribution is -2.34. The van der Waals surface area contributed by atoms with E-state index in [-0.39, 0.29) is 0 Å². The van der Waals surface area contributed by atoms with Gasteiger partial charge in [-0.3, -0.25) is 0 Å². The number of unbranched alkanes of at least 4 members (excludes halogenated alkanes) is 2. The second kappa shape index (κ2) is 9.95. The smallest absolute Gasteiger partial charge is 0.0358 e. The Morgan fingerprint density at radius 3 is 2.40 bits per heavy atom. The maximum atomic E-state index is 3.64. The summed E-state index contributed by atoms with van der Waals surface area (Å²) < 4.78 is 0. The molecule has 1 rings (SSSR count). The zero-order valence-electron chi connectivity index (χ0n) is 13.7. The highest BCUT2D eigenvalue weighted by molar-refractivity contribution is 5.19. The number of nitrogens with one attached hydrogen (secondary N) is 1. The van der Waals surface area contributed by atoms with Crippen molar-refractivity contribution in [3.63, 3.8) is 0 Å². The molecule has 2 unspecified atom stereocenters. The average Bonchev–Trinajstić information content (AvgIpc) is 2.45. The lowest BCUT2D eigenvalue weighted by molar-refractivity contribution is 0.244. The predicted octanol–water partition coefficient (Wildman–Crippen LogP) is 4.10. The first-order valence-corrected chi connectivity index (χ1v) is 8.15. The number of nitrogens with zero attached hydrogens (tertiary/aromatic N) is 1. The molecule has 0 heterocycles. The van der Waals surface area contributed by atoms with Crippen LogP contribution in [0.15, 0.2) is 30.3 Å². The molecule has 0 spiro atoms. The van der Waals surface area contributed by atoms with Crippen molar-refractivity contribution in [1.29, 1.82) is 0 Å². The number of hydrogen-bond acceptors (Lipinski definition) is 2. The fourth-order valence-corrected chi connectivity index (χ4v) is 2.85. The van der Waals surface area contributed by atoms with Gasteiger partial charge in [0.15, 0.2) is 0 Å². The minimum atomic E-state index is 0.454. The summed E-state index contributed by atoms with van der Waals surface area (Å²) in [5, 5.41) is 3.64. The van der Waals surface area contributed by atoms with Gasteiger partial charge < -0.3 is 10.2 Å². The Bertz CT molecular complexity index is 337. The summed E-state index contributed by atoms with van der Waals surface area (Å²) in [5.41, 5.74) is 1.41. The van der Waals surface area contributed by atoms with E-state index in [2.05, 4.69) is 68.4 Å². The number of hydrogen-bond donors (Lipinski definition) is 1. The van der Waals surface area contributed by atoms with Crippen molar-refractivity contribution in [3.05, 3.63) is 35.9 Å². The van der Waals surface area contributed by atoms with Crippen molar-refractivity contribution in [2.75, 3.05) is 26.7 Å². The lowest BCUT2D eigenvalue weighted by Gasteiger charge is -2.29. The summed E-state index contributed by atoms with van der Waals surface area (Å²) in [5.74, 6) is 0.615. The van der Waals surface area contributed by atoms with Crippen LogP contribution in [0.4, 0.5) is 0 Å². The first-order chi connectivity index (χ1) is 9.69. The van der Waals surface area contributed by atoms with Gasteiger partial charge in [-0.15, -0.1) is 0 Å². The van der Waals surface area contributed by atoms with Gasteiger partial charge in [0, 0.05) is 12.6 Å². The zero-order chi connectivity index (χ0) is 14.8. The van der Waals surface area contributed by atoms with E-state index >= 15 is 0 Å². The number of rotatable bonds is 10. The van der Waals surface area contributed by atoms with E-state index in [9.17, 15) is 0 Å². The van der Waals surface area contributed by atoms with Crippen LogP contribution in [-0.4, -0.2) is 31.6 Å². The van der Waals surface area contributed by atoms with Gasteiger partial charge in [-0.05, 0) is 38.0 Å². The van der Waals surface area contributed by atoms with E-state index in [0.717, 1.165) is 13.1 Å². The van der Waals surface area contributed by atoms with Crippen LogP contribution in [0, 0.1) is 5.92 Å². The van der Waals surface area contributed by atoms with E-state index in [1.54, 1.807) is 0 Å². The first kappa shape index (κ1) is 17.2. The molecule has 0 fully saturated rings. The minimum absolute atomic E-state index is 0.454. The quantitative estimate of drug-likeness (QED) is 0.647. The third kappa shape index (κ3) is 6.06. The normalized spacial score (nSPS) is 14.4. The highest BCUT2D eigenvalue weighted by Gasteiger charge is 2.19. The maximum absolute atomic E-state index is 3.64. The molecule has 1 aromatic carbocycles. The maximum Gasteiger partial charge on any atom is 0.0358 e. The van der Waals surface area contributed by atoms with E-state index in [1.807, 2.05) is 0 Å². The summed E-state index contributed by atoms with van der Waals surface area (Å²) in [4.78, 5) is 2.48. The molecular weight excluding hydrogens is 244 g/mol. The van der Waals surface area contributed by atoms with Gasteiger partial charge in [0.1, 0.15) is 0 Å². The van der Waals surface area contributed by atoms with Gasteiger partial charge in [-0.2, -0.15) is 0 Å². The monoisotopic (exact) mass is 276 g/mol. The first-order valence-electron chi connectivity index (χ1n) is 8.15. The van der Waals surface area contributed by atoms with Crippen LogP contribution in [0.5, 0.6) is 0 Å². The topological polar surface area (TPSA) is 15.3 Å². The molecule has 0 aliphatic carbocycles. The molecule has 2 nitrogen and oxygen atoms in total. The van der Waals surface area contributed by atoms with E-state index in [4.69, 9.17) is 0 Å². The molecule has 2 atom stereocenters. The van der Waals surface area contributed by atoms with Crippen LogP contribution in [0.2, 0.25) is 0 Å². The van der Waals surface area contributed by atoms with Gasteiger partial charge in [0.25, 0.3) is 0 Å². The van der Waals surface area contributed by atoms with Crippen molar-refractivity contribution in [2.45, 2.75) is 46.1 Å². The molecule has 2 heteroatoms. The van der Waals surface area contributed by atoms with Gasteiger partial charge >= 0.3 is 0 Å². The van der Waals surface area contributed by atoms with Gasteiger partial charge in [0.05, 0.1) is 0 Å². The SMILES string of the molecule is CCCCCN(C)CC(C)C(NCC)c1ccccc1. The van der Waals surface area contributed by atoms with Crippen molar-refractivity contribution in [3.8, 4) is 0 Å². The predicted molar refractivity (Wildman–Crippen MR) is 89.0 cm³/mol. The van der Waals surface area contributed by atoms with Crippen molar-refractivity contribution >= 4 is 0 Å². The Morgan fingerprint density at radius 1 is 1.10 bits per heavy atom. The molecule has 1 N–H and O–H groups in total. The Balaban J connectivity index is 2.54. The molecule has 0 saturated heterocycles. The molecule has 0 aromatic heterocycles. The molecule has 0 amide bonds. The van der Waals surface area contributed by atoms with Crippen LogP contribution in [0.1, 0.15) is 51.6 Å². The molecule has 0 radical (unpaired) electrons. The molecule has 0 aliphatic rings. The number of benzene rings is 1. The van der Waals surface area contributed by atoms with E-state index in [0.29, 0.717) is 12.0 Å². The molecule has 0 bridgehead atoms. The largest absolute Gasteiger partial charge is 0.310 e. The molecule has 114 valence electrons. The van der Waals surface area contributed by atoms with E-state index in [1.165, 1.54) is 31.4 Å². The van der Waals surface area contributed by atoms with Crippen LogP contribution >= 0.6 is 0 Å². The standard InChI is InChI=1S/C18H32N2/c1-5-7-11-14-20(4)15-16(3)18(19-6-2)17-12-9-8-10-13-17/h8-10,12-13,16,18-19H,5-7,11,14-15H2,1-4H3. The second-order valence-electron chi connectivity index (χ2n) is 5.89. The molecular formula is C18H32N2. The Hall–Kier alpha value is -0.860. The van der Waals surface area contributed by atoms with Crippen molar-refractivity contribution in [1.82, 2.24) is 10.2 Å². The Labute approximate surface area is 125 Å². The van der Waals surface area contributed by atoms with Gasteiger partial charge in [-0.1, -0.05) is 63.9 Å². The highest BCUT2D eigenvalue weighted by Crippen LogP contribution is 2.22. The zero-order valence-corrected chi connectivity index (χ0v) is 13.7. The van der Waals surface area contributed by atoms with Crippen molar-refractivity contribution < 1.29 is 0 Å². The fourth-order valence-electron chi connectivity index (χ4n) is 2.85. The summed E-state index contributed by atoms with van der Waals surface area (Å²) in [6.45, 7) is 10.2. The summed E-state index contributed by atoms with van der Waals surface area (Å²) in [6, 6.07) is 11.3. The summed E-state index contributed by atoms with van der Waals surface area (Å²) >= 11 is 0.